The molecule has 192 valence electrons. The number of alkyl halides is 6. The van der Waals surface area contributed by atoms with Crippen LogP contribution in [-0.2, 0) is 0 Å². The number of aliphatic imine (C=N–C) groups is 1. The lowest BCUT2D eigenvalue weighted by atomic mass is 9.81. The first-order chi connectivity index (χ1) is 16.0. The van der Waals surface area contributed by atoms with E-state index in [-0.39, 0.29) is 11.6 Å². The Labute approximate surface area is 201 Å². The lowest BCUT2D eigenvalue weighted by Gasteiger charge is -2.44. The maximum Gasteiger partial charge on any atom is 0.412 e. The Bertz CT molecular complexity index is 818. The number of thiocarbonyl (C=S) groups is 1. The van der Waals surface area contributed by atoms with Gasteiger partial charge >= 0.3 is 12.4 Å². The van der Waals surface area contributed by atoms with Crippen LogP contribution >= 0.6 is 12.2 Å². The van der Waals surface area contributed by atoms with E-state index in [2.05, 4.69) is 34.4 Å². The number of likely N-dealkylation sites (tertiary alicyclic amines) is 1. The average molecular weight is 512 g/mol. The molecule has 12 heteroatoms. The lowest BCUT2D eigenvalue weighted by molar-refractivity contribution is -0.166. The molecule has 1 saturated heterocycles. The van der Waals surface area contributed by atoms with Gasteiger partial charge in [0, 0.05) is 18.7 Å². The second-order valence-electron chi connectivity index (χ2n) is 8.77. The van der Waals surface area contributed by atoms with Crippen molar-refractivity contribution in [1.82, 2.24) is 20.4 Å². The van der Waals surface area contributed by atoms with E-state index in [1.165, 1.54) is 6.34 Å². The van der Waals surface area contributed by atoms with Gasteiger partial charge < -0.3 is 20.4 Å². The molecule has 4 unspecified atom stereocenters. The molecule has 0 aromatic heterocycles. The van der Waals surface area contributed by atoms with Gasteiger partial charge in [-0.25, -0.2) is 0 Å². The van der Waals surface area contributed by atoms with Crippen molar-refractivity contribution < 1.29 is 26.3 Å². The van der Waals surface area contributed by atoms with Gasteiger partial charge in [0.25, 0.3) is 0 Å². The van der Waals surface area contributed by atoms with Crippen molar-refractivity contribution in [3.63, 3.8) is 0 Å². The van der Waals surface area contributed by atoms with Crippen LogP contribution in [0.4, 0.5) is 26.3 Å². The highest BCUT2D eigenvalue weighted by Gasteiger charge is 2.49. The largest absolute Gasteiger partial charge is 0.412 e. The first kappa shape index (κ1) is 26.8. The average Bonchev–Trinajstić information content (AvgIpc) is 3.25. The van der Waals surface area contributed by atoms with E-state index in [1.807, 2.05) is 0 Å². The van der Waals surface area contributed by atoms with Crippen molar-refractivity contribution in [3.8, 4) is 0 Å². The summed E-state index contributed by atoms with van der Waals surface area (Å²) < 4.78 is 81.3. The molecule has 2 aliphatic heterocycles. The quantitative estimate of drug-likeness (QED) is 0.307. The summed E-state index contributed by atoms with van der Waals surface area (Å²) in [6, 6.07) is -1.52. The second-order valence-corrected chi connectivity index (χ2v) is 9.15. The van der Waals surface area contributed by atoms with E-state index in [0.29, 0.717) is 24.6 Å². The fraction of sp³-hybridized carbons (Fsp3) is 0.727. The van der Waals surface area contributed by atoms with E-state index in [4.69, 9.17) is 12.2 Å². The molecule has 34 heavy (non-hydrogen) atoms. The van der Waals surface area contributed by atoms with E-state index >= 15 is 0 Å². The van der Waals surface area contributed by atoms with Crippen LogP contribution in [0.2, 0.25) is 0 Å². The SMILES string of the molecule is CCN(CC)CCCNC(=S)N1CCC2NC=NC2C1C1=CC(C(F)(F)F)CC(C(F)(F)F)=C1. The molecule has 0 saturated carbocycles. The number of halogens is 6. The van der Waals surface area contributed by atoms with Gasteiger partial charge in [-0.2, -0.15) is 26.3 Å². The number of hydrogen-bond acceptors (Lipinski definition) is 4. The molecule has 1 fully saturated rings. The van der Waals surface area contributed by atoms with Crippen LogP contribution in [0.3, 0.4) is 0 Å². The zero-order chi connectivity index (χ0) is 25.1. The summed E-state index contributed by atoms with van der Waals surface area (Å²) >= 11 is 5.56. The molecule has 0 spiro atoms. The van der Waals surface area contributed by atoms with Gasteiger partial charge in [0.2, 0.25) is 0 Å². The van der Waals surface area contributed by atoms with Crippen molar-refractivity contribution in [2.24, 2.45) is 10.9 Å². The van der Waals surface area contributed by atoms with Crippen LogP contribution in [0.15, 0.2) is 28.3 Å². The van der Waals surface area contributed by atoms with E-state index in [0.717, 1.165) is 38.2 Å². The number of nitrogens with one attached hydrogen (secondary N) is 2. The minimum absolute atomic E-state index is 0.0382. The van der Waals surface area contributed by atoms with Crippen LogP contribution in [0, 0.1) is 5.92 Å². The maximum absolute atomic E-state index is 13.6. The predicted molar refractivity (Wildman–Crippen MR) is 124 cm³/mol. The van der Waals surface area contributed by atoms with Crippen molar-refractivity contribution in [2.75, 3.05) is 32.7 Å². The highest BCUT2D eigenvalue weighted by atomic mass is 32.1. The topological polar surface area (TPSA) is 42.9 Å². The minimum atomic E-state index is -4.84. The third-order valence-corrected chi connectivity index (χ3v) is 7.05. The molecule has 2 heterocycles. The van der Waals surface area contributed by atoms with Gasteiger partial charge in [0.05, 0.1) is 30.4 Å². The zero-order valence-electron chi connectivity index (χ0n) is 19.2. The molecule has 5 nitrogen and oxygen atoms in total. The number of allylic oxidation sites excluding steroid dienone is 2. The number of nitrogens with zero attached hydrogens (tertiary/aromatic N) is 3. The third kappa shape index (κ3) is 6.24. The molecule has 0 aromatic carbocycles. The molecule has 0 bridgehead atoms. The Hall–Kier alpha value is -1.82. The van der Waals surface area contributed by atoms with E-state index in [1.54, 1.807) is 4.90 Å². The summed E-state index contributed by atoms with van der Waals surface area (Å²) in [5.74, 6) is -2.21. The first-order valence-electron chi connectivity index (χ1n) is 11.6. The molecule has 2 N–H and O–H groups in total. The fourth-order valence-corrected chi connectivity index (χ4v) is 5.06. The molecule has 0 aromatic rings. The normalized spacial score (nSPS) is 27.3. The summed E-state index contributed by atoms with van der Waals surface area (Å²) in [4.78, 5) is 8.32. The fourth-order valence-electron chi connectivity index (χ4n) is 4.76. The Morgan fingerprint density at radius 1 is 1.24 bits per heavy atom. The van der Waals surface area contributed by atoms with Crippen LogP contribution in [0.1, 0.15) is 33.1 Å². The molecule has 1 aliphatic carbocycles. The van der Waals surface area contributed by atoms with Gasteiger partial charge in [-0.3, -0.25) is 4.99 Å². The van der Waals surface area contributed by atoms with E-state index < -0.39 is 42.3 Å². The summed E-state index contributed by atoms with van der Waals surface area (Å²) in [5.41, 5.74) is -1.22. The van der Waals surface area contributed by atoms with Gasteiger partial charge in [-0.05, 0) is 62.8 Å². The molecule has 0 radical (unpaired) electrons. The van der Waals surface area contributed by atoms with Gasteiger partial charge in [0.1, 0.15) is 0 Å². The molecule has 0 amide bonds. The highest BCUT2D eigenvalue weighted by molar-refractivity contribution is 7.80. The van der Waals surface area contributed by atoms with E-state index in [9.17, 15) is 26.3 Å². The van der Waals surface area contributed by atoms with Crippen LogP contribution in [0.25, 0.3) is 0 Å². The smallest absolute Gasteiger partial charge is 0.371 e. The minimum Gasteiger partial charge on any atom is -0.371 e. The van der Waals surface area contributed by atoms with Crippen LogP contribution < -0.4 is 10.6 Å². The maximum atomic E-state index is 13.6. The number of piperidine rings is 1. The Morgan fingerprint density at radius 3 is 2.56 bits per heavy atom. The Kier molecular flexibility index (Phi) is 8.54. The molecule has 3 rings (SSSR count). The summed E-state index contributed by atoms with van der Waals surface area (Å²) in [5, 5.41) is 6.54. The third-order valence-electron chi connectivity index (χ3n) is 6.67. The number of fused-ring (bicyclic) bond motifs is 1. The van der Waals surface area contributed by atoms with Crippen molar-refractivity contribution >= 4 is 23.7 Å². The molecule has 4 atom stereocenters. The lowest BCUT2D eigenvalue weighted by Crippen LogP contribution is -2.60. The monoisotopic (exact) mass is 511 g/mol. The first-order valence-corrected chi connectivity index (χ1v) is 12.0. The number of hydrogen-bond donors (Lipinski definition) is 2. The van der Waals surface area contributed by atoms with Crippen molar-refractivity contribution in [3.05, 3.63) is 23.3 Å². The van der Waals surface area contributed by atoms with Gasteiger partial charge in [0.15, 0.2) is 5.11 Å². The van der Waals surface area contributed by atoms with Gasteiger partial charge in [-0.1, -0.05) is 19.9 Å². The van der Waals surface area contributed by atoms with Gasteiger partial charge in [-0.15, -0.1) is 0 Å². The Morgan fingerprint density at radius 2 is 1.94 bits per heavy atom. The Balaban J connectivity index is 1.84. The second kappa shape index (κ2) is 10.8. The summed E-state index contributed by atoms with van der Waals surface area (Å²) in [7, 11) is 0. The predicted octanol–water partition coefficient (Wildman–Crippen LogP) is 4.03. The summed E-state index contributed by atoms with van der Waals surface area (Å²) in [6.07, 6.45) is -6.06. The standard InChI is InChI=1S/C22H31F6N5S/c1-3-32(4-2)8-5-7-29-20(34)33-9-6-17-18(31-13-30-17)19(33)14-10-15(21(23,24)25)12-16(11-14)22(26,27)28/h10-11,13,15,17-19H,3-9,12H2,1-2H3,(H,29,34)(H,30,31). The highest BCUT2D eigenvalue weighted by Crippen LogP contribution is 2.43. The molecular formula is C22H31F6N5S. The molecule has 3 aliphatic rings. The number of rotatable bonds is 7. The van der Waals surface area contributed by atoms with Crippen molar-refractivity contribution in [2.45, 2.75) is 63.6 Å². The summed E-state index contributed by atoms with van der Waals surface area (Å²) in [6.45, 7) is 7.80. The molecular weight excluding hydrogens is 480 g/mol. The van der Waals surface area contributed by atoms with Crippen LogP contribution in [0.5, 0.6) is 0 Å². The zero-order valence-corrected chi connectivity index (χ0v) is 20.0. The van der Waals surface area contributed by atoms with Crippen molar-refractivity contribution in [1.29, 1.82) is 0 Å². The van der Waals surface area contributed by atoms with Crippen LogP contribution in [-0.4, -0.2) is 84.5 Å².